The quantitative estimate of drug-likeness (QED) is 0.0878. The Balaban J connectivity index is 1.21. The van der Waals surface area contributed by atoms with Crippen molar-refractivity contribution in [3.8, 4) is 40.5 Å². The van der Waals surface area contributed by atoms with Gasteiger partial charge in [0.25, 0.3) is 0 Å². The molecule has 0 unspecified atom stereocenters. The maximum absolute atomic E-state index is 11.8. The van der Waals surface area contributed by atoms with E-state index in [0.29, 0.717) is 45.4 Å². The van der Waals surface area contributed by atoms with Crippen molar-refractivity contribution in [2.24, 2.45) is 0 Å². The fourth-order valence-corrected chi connectivity index (χ4v) is 7.74. The molecular formula is C44H47ClN4O7. The molecule has 1 aliphatic heterocycles. The first kappa shape index (κ1) is 40.5. The van der Waals surface area contributed by atoms with Crippen LogP contribution in [0.3, 0.4) is 0 Å². The Bertz CT molecular complexity index is 2090. The first-order chi connectivity index (χ1) is 27.0. The molecule has 3 atom stereocenters. The molecule has 4 N–H and O–H groups in total. The Kier molecular flexibility index (Phi) is 13.5. The summed E-state index contributed by atoms with van der Waals surface area (Å²) in [6.07, 6.45) is 2.44. The fraction of sp³-hybridized carbons (Fsp3) is 0.386. The summed E-state index contributed by atoms with van der Waals surface area (Å²) in [6.45, 7) is 6.92. The van der Waals surface area contributed by atoms with Crippen LogP contribution in [0.15, 0.2) is 66.7 Å². The van der Waals surface area contributed by atoms with Crippen LogP contribution in [-0.4, -0.2) is 70.7 Å². The maximum Gasteiger partial charge on any atom is 0.323 e. The predicted octanol–water partition coefficient (Wildman–Crippen LogP) is 6.85. The summed E-state index contributed by atoms with van der Waals surface area (Å²) in [5, 5.41) is 51.6. The summed E-state index contributed by atoms with van der Waals surface area (Å²) in [4.78, 5) is 14.2. The average Bonchev–Trinajstić information content (AvgIpc) is 3.60. The molecular weight excluding hydrogens is 732 g/mol. The molecule has 6 rings (SSSR count). The van der Waals surface area contributed by atoms with Crippen molar-refractivity contribution in [3.05, 3.63) is 111 Å². The van der Waals surface area contributed by atoms with Crippen LogP contribution >= 0.6 is 11.6 Å². The Hall–Kier alpha value is -5.14. The number of carboxylic acid groups (broad SMARTS) is 1. The fourth-order valence-electron chi connectivity index (χ4n) is 7.51. The van der Waals surface area contributed by atoms with Gasteiger partial charge in [0, 0.05) is 37.8 Å². The second-order valence-electron chi connectivity index (χ2n) is 14.5. The molecule has 0 bridgehead atoms. The SMILES string of the molecule is Cc1c(OCCCN2CCC(O)CC2)cccc1-c1cccc2c1CC[C@@H]2Oc1cc(OCc2cc(C#N)cc(C#N)c2)c(CN[C@H](C(=O)O)[C@@H](C)O)cc1Cl. The van der Waals surface area contributed by atoms with Crippen molar-refractivity contribution < 1.29 is 34.3 Å². The minimum Gasteiger partial charge on any atom is -0.493 e. The number of rotatable bonds is 16. The number of halogens is 1. The Labute approximate surface area is 332 Å². The second kappa shape index (κ2) is 18.7. The van der Waals surface area contributed by atoms with E-state index in [4.69, 9.17) is 25.8 Å². The van der Waals surface area contributed by atoms with Crippen molar-refractivity contribution in [2.75, 3.05) is 26.2 Å². The van der Waals surface area contributed by atoms with E-state index in [1.54, 1.807) is 24.3 Å². The van der Waals surface area contributed by atoms with Crippen molar-refractivity contribution >= 4 is 17.6 Å². The molecule has 0 saturated carbocycles. The van der Waals surface area contributed by atoms with Crippen molar-refractivity contribution in [3.63, 3.8) is 0 Å². The smallest absolute Gasteiger partial charge is 0.323 e. The lowest BCUT2D eigenvalue weighted by atomic mass is 9.93. The molecule has 1 saturated heterocycles. The van der Waals surface area contributed by atoms with Gasteiger partial charge in [-0.2, -0.15) is 10.5 Å². The zero-order chi connectivity index (χ0) is 39.8. The molecule has 12 heteroatoms. The van der Waals surface area contributed by atoms with E-state index >= 15 is 0 Å². The van der Waals surface area contributed by atoms with Crippen molar-refractivity contribution in [1.29, 1.82) is 10.5 Å². The first-order valence-electron chi connectivity index (χ1n) is 19.0. The van der Waals surface area contributed by atoms with Crippen LogP contribution in [0.1, 0.15) is 77.7 Å². The van der Waals surface area contributed by atoms with Gasteiger partial charge < -0.3 is 34.4 Å². The van der Waals surface area contributed by atoms with Crippen molar-refractivity contribution in [2.45, 2.75) is 83.5 Å². The second-order valence-corrected chi connectivity index (χ2v) is 14.9. The van der Waals surface area contributed by atoms with Gasteiger partial charge in [-0.3, -0.25) is 10.1 Å². The summed E-state index contributed by atoms with van der Waals surface area (Å²) in [7, 11) is 0. The number of hydrogen-bond donors (Lipinski definition) is 4. The molecule has 1 heterocycles. The van der Waals surface area contributed by atoms with Gasteiger partial charge in [-0.15, -0.1) is 0 Å². The molecule has 4 aromatic carbocycles. The van der Waals surface area contributed by atoms with E-state index in [-0.39, 0.29) is 25.4 Å². The zero-order valence-corrected chi connectivity index (χ0v) is 32.4. The lowest BCUT2D eigenvalue weighted by Crippen LogP contribution is -2.44. The number of nitrogens with one attached hydrogen (secondary N) is 1. The number of aliphatic carboxylic acids is 1. The lowest BCUT2D eigenvalue weighted by Gasteiger charge is -2.29. The number of likely N-dealkylation sites (tertiary alicyclic amines) is 1. The average molecular weight is 779 g/mol. The molecule has 292 valence electrons. The van der Waals surface area contributed by atoms with E-state index in [1.807, 2.05) is 18.2 Å². The van der Waals surface area contributed by atoms with Crippen LogP contribution in [0.4, 0.5) is 0 Å². The molecule has 11 nitrogen and oxygen atoms in total. The number of carbonyl (C=O) groups is 1. The number of hydrogen-bond acceptors (Lipinski definition) is 10. The molecule has 4 aromatic rings. The number of aliphatic hydroxyl groups is 2. The molecule has 0 aromatic heterocycles. The van der Waals surface area contributed by atoms with Gasteiger partial charge >= 0.3 is 5.97 Å². The van der Waals surface area contributed by atoms with E-state index in [2.05, 4.69) is 47.5 Å². The highest BCUT2D eigenvalue weighted by Crippen LogP contribution is 2.44. The third kappa shape index (κ3) is 9.80. The highest BCUT2D eigenvalue weighted by atomic mass is 35.5. The lowest BCUT2D eigenvalue weighted by molar-refractivity contribution is -0.142. The summed E-state index contributed by atoms with van der Waals surface area (Å²) < 4.78 is 19.2. The molecule has 0 amide bonds. The number of nitrogens with zero attached hydrogens (tertiary/aromatic N) is 3. The Morgan fingerprint density at radius 2 is 1.68 bits per heavy atom. The van der Waals surface area contributed by atoms with Gasteiger partial charge in [0.05, 0.1) is 47.1 Å². The van der Waals surface area contributed by atoms with Gasteiger partial charge in [0.15, 0.2) is 0 Å². The van der Waals surface area contributed by atoms with Crippen LogP contribution in [-0.2, 0) is 24.4 Å². The monoisotopic (exact) mass is 778 g/mol. The summed E-state index contributed by atoms with van der Waals surface area (Å²) in [5.74, 6) is 0.405. The van der Waals surface area contributed by atoms with Gasteiger partial charge in [-0.05, 0) is 110 Å². The summed E-state index contributed by atoms with van der Waals surface area (Å²) in [6, 6.07) is 23.4. The van der Waals surface area contributed by atoms with Crippen molar-refractivity contribution in [1.82, 2.24) is 10.2 Å². The number of ether oxygens (including phenoxy) is 3. The number of fused-ring (bicyclic) bond motifs is 1. The van der Waals surface area contributed by atoms with Gasteiger partial charge in [-0.1, -0.05) is 41.9 Å². The molecule has 56 heavy (non-hydrogen) atoms. The van der Waals surface area contributed by atoms with E-state index in [9.17, 15) is 30.6 Å². The highest BCUT2D eigenvalue weighted by Gasteiger charge is 2.29. The standard InChI is InChI=1S/C44H47ClN4O7/c1-27-34(6-4-9-39(27)54-17-5-14-49-15-12-33(51)13-16-49)35-7-3-8-37-36(35)10-11-40(37)56-42-22-41(55-26-31-19-29(23-46)18-30(20-31)24-47)32(21-38(42)45)25-48-43(28(2)50)44(52)53/h3-4,6-9,18-22,28,33,40,43,48,50-51H,5,10-17,25-26H2,1-2H3,(H,52,53)/t28-,40+,43+/m1/s1. The number of benzene rings is 4. The van der Waals surface area contributed by atoms with Crippen LogP contribution in [0.5, 0.6) is 17.2 Å². The topological polar surface area (TPSA) is 168 Å². The number of aliphatic hydroxyl groups excluding tert-OH is 2. The maximum atomic E-state index is 11.8. The Morgan fingerprint density at radius 1 is 0.964 bits per heavy atom. The number of carboxylic acids is 1. The minimum atomic E-state index is -1.23. The minimum absolute atomic E-state index is 0.0121. The first-order valence-corrected chi connectivity index (χ1v) is 19.4. The van der Waals surface area contributed by atoms with Crippen LogP contribution in [0, 0.1) is 29.6 Å². The van der Waals surface area contributed by atoms with Gasteiger partial charge in [0.1, 0.15) is 36.0 Å². The Morgan fingerprint density at radius 3 is 2.38 bits per heavy atom. The summed E-state index contributed by atoms with van der Waals surface area (Å²) in [5.41, 5.74) is 7.34. The number of piperidine rings is 1. The molecule has 1 aliphatic carbocycles. The molecule has 0 spiro atoms. The summed E-state index contributed by atoms with van der Waals surface area (Å²) >= 11 is 6.84. The van der Waals surface area contributed by atoms with Gasteiger partial charge in [-0.25, -0.2) is 0 Å². The van der Waals surface area contributed by atoms with E-state index in [0.717, 1.165) is 79.7 Å². The largest absolute Gasteiger partial charge is 0.493 e. The normalized spacial score (nSPS) is 16.7. The van der Waals surface area contributed by atoms with Crippen LogP contribution < -0.4 is 19.5 Å². The van der Waals surface area contributed by atoms with Gasteiger partial charge in [0.2, 0.25) is 0 Å². The van der Waals surface area contributed by atoms with Crippen LogP contribution in [0.25, 0.3) is 11.1 Å². The zero-order valence-electron chi connectivity index (χ0n) is 31.6. The molecule has 2 aliphatic rings. The molecule has 0 radical (unpaired) electrons. The third-order valence-electron chi connectivity index (χ3n) is 10.5. The number of nitriles is 2. The van der Waals surface area contributed by atoms with E-state index < -0.39 is 18.1 Å². The third-order valence-corrected chi connectivity index (χ3v) is 10.8. The predicted molar refractivity (Wildman–Crippen MR) is 212 cm³/mol. The molecule has 1 fully saturated rings. The highest BCUT2D eigenvalue weighted by molar-refractivity contribution is 6.32. The van der Waals surface area contributed by atoms with Crippen LogP contribution in [0.2, 0.25) is 5.02 Å². The van der Waals surface area contributed by atoms with E-state index in [1.165, 1.54) is 18.6 Å².